The minimum Gasteiger partial charge on any atom is -0.352 e. The highest BCUT2D eigenvalue weighted by atomic mass is 16.2. The highest BCUT2D eigenvalue weighted by Crippen LogP contribution is 1.91. The molecule has 1 aliphatic rings. The fourth-order valence-corrected chi connectivity index (χ4v) is 0.776. The number of hydrogen-bond acceptors (Lipinski definition) is 3. The van der Waals surface area contributed by atoms with Crippen LogP contribution in [-0.4, -0.2) is 31.2 Å². The minimum absolute atomic E-state index is 0.500. The van der Waals surface area contributed by atoms with Crippen molar-refractivity contribution in [1.82, 2.24) is 5.32 Å². The maximum Gasteiger partial charge on any atom is 0.312 e. The third kappa shape index (κ3) is 2.79. The fraction of sp³-hybridized carbons (Fsp3) is 0.500. The Morgan fingerprint density at radius 1 is 1.82 bits per heavy atom. The number of primary amides is 1. The van der Waals surface area contributed by atoms with Crippen LogP contribution in [0.1, 0.15) is 6.42 Å². The van der Waals surface area contributed by atoms with Gasteiger partial charge < -0.3 is 11.1 Å². The molecule has 0 aromatic rings. The van der Waals surface area contributed by atoms with Crippen molar-refractivity contribution < 1.29 is 4.79 Å². The van der Waals surface area contributed by atoms with Gasteiger partial charge >= 0.3 is 6.03 Å². The summed E-state index contributed by atoms with van der Waals surface area (Å²) in [7, 11) is 0. The highest BCUT2D eigenvalue weighted by Gasteiger charge is 1.99. The lowest BCUT2D eigenvalue weighted by Crippen LogP contribution is -2.31. The average molecular weight is 154 g/mol. The molecule has 5 nitrogen and oxygen atoms in total. The monoisotopic (exact) mass is 154 g/mol. The maximum absolute atomic E-state index is 10.2. The molecule has 0 aliphatic carbocycles. The van der Waals surface area contributed by atoms with Crippen LogP contribution in [0.5, 0.6) is 0 Å². The van der Waals surface area contributed by atoms with Crippen LogP contribution in [0.25, 0.3) is 0 Å². The van der Waals surface area contributed by atoms with Crippen LogP contribution in [0.3, 0.4) is 0 Å². The van der Waals surface area contributed by atoms with Crippen molar-refractivity contribution in [3.05, 3.63) is 0 Å². The molecule has 0 aromatic heterocycles. The van der Waals surface area contributed by atoms with E-state index in [4.69, 9.17) is 5.73 Å². The van der Waals surface area contributed by atoms with Crippen molar-refractivity contribution in [3.8, 4) is 0 Å². The lowest BCUT2D eigenvalue weighted by Gasteiger charge is -1.98. The van der Waals surface area contributed by atoms with Crippen molar-refractivity contribution >= 4 is 18.0 Å². The molecule has 0 saturated carbocycles. The van der Waals surface area contributed by atoms with Gasteiger partial charge in [-0.05, 0) is 0 Å². The second-order valence-electron chi connectivity index (χ2n) is 2.14. The van der Waals surface area contributed by atoms with Gasteiger partial charge in [0.2, 0.25) is 0 Å². The number of aliphatic imine (C=N–C) groups is 2. The number of amides is 2. The quantitative estimate of drug-likeness (QED) is 0.566. The molecule has 0 aromatic carbocycles. The third-order valence-electron chi connectivity index (χ3n) is 1.28. The van der Waals surface area contributed by atoms with E-state index >= 15 is 0 Å². The Hall–Kier alpha value is -1.39. The zero-order chi connectivity index (χ0) is 8.10. The summed E-state index contributed by atoms with van der Waals surface area (Å²) in [6, 6.07) is -0.500. The SMILES string of the molecule is NC(=O)NCCC1=NCN=C1. The smallest absolute Gasteiger partial charge is 0.312 e. The molecule has 0 spiro atoms. The van der Waals surface area contributed by atoms with Gasteiger partial charge in [0.05, 0.1) is 5.71 Å². The number of carbonyl (C=O) groups excluding carboxylic acids is 1. The van der Waals surface area contributed by atoms with Gasteiger partial charge in [-0.3, -0.25) is 9.98 Å². The zero-order valence-electron chi connectivity index (χ0n) is 6.08. The summed E-state index contributed by atoms with van der Waals surface area (Å²) in [5.74, 6) is 0. The average Bonchev–Trinajstić information content (AvgIpc) is 2.39. The first-order chi connectivity index (χ1) is 5.29. The molecule has 0 saturated heterocycles. The summed E-state index contributed by atoms with van der Waals surface area (Å²) in [6.45, 7) is 1.05. The van der Waals surface area contributed by atoms with Crippen LogP contribution in [0.15, 0.2) is 9.98 Å². The summed E-state index contributed by atoms with van der Waals surface area (Å²) in [6.07, 6.45) is 2.41. The van der Waals surface area contributed by atoms with Gasteiger partial charge in [-0.2, -0.15) is 0 Å². The van der Waals surface area contributed by atoms with Gasteiger partial charge in [0.15, 0.2) is 0 Å². The Kier molecular flexibility index (Phi) is 2.59. The van der Waals surface area contributed by atoms with E-state index in [1.54, 1.807) is 6.21 Å². The highest BCUT2D eigenvalue weighted by molar-refractivity contribution is 6.31. The molecule has 1 heterocycles. The largest absolute Gasteiger partial charge is 0.352 e. The molecule has 1 rings (SSSR count). The van der Waals surface area contributed by atoms with Crippen molar-refractivity contribution in [3.63, 3.8) is 0 Å². The number of hydrogen-bond donors (Lipinski definition) is 2. The molecule has 60 valence electrons. The van der Waals surface area contributed by atoms with Crippen LogP contribution in [0.4, 0.5) is 4.79 Å². The predicted octanol–water partition coefficient (Wildman–Crippen LogP) is -0.472. The van der Waals surface area contributed by atoms with E-state index < -0.39 is 6.03 Å². The van der Waals surface area contributed by atoms with Crippen LogP contribution in [0, 0.1) is 0 Å². The van der Waals surface area contributed by atoms with Crippen molar-refractivity contribution in [1.29, 1.82) is 0 Å². The molecular weight excluding hydrogens is 144 g/mol. The van der Waals surface area contributed by atoms with E-state index in [2.05, 4.69) is 15.3 Å². The molecule has 0 bridgehead atoms. The number of carbonyl (C=O) groups is 1. The molecule has 0 atom stereocenters. The normalized spacial score (nSPS) is 14.7. The number of rotatable bonds is 3. The molecule has 5 heteroatoms. The molecule has 11 heavy (non-hydrogen) atoms. The van der Waals surface area contributed by atoms with Crippen LogP contribution >= 0.6 is 0 Å². The first-order valence-corrected chi connectivity index (χ1v) is 3.35. The predicted molar refractivity (Wildman–Crippen MR) is 43.0 cm³/mol. The fourth-order valence-electron chi connectivity index (χ4n) is 0.776. The van der Waals surface area contributed by atoms with Crippen molar-refractivity contribution in [2.24, 2.45) is 15.7 Å². The summed E-state index contributed by atoms with van der Waals surface area (Å²) in [5, 5.41) is 2.47. The number of nitrogens with zero attached hydrogens (tertiary/aromatic N) is 2. The van der Waals surface area contributed by atoms with Crippen molar-refractivity contribution in [2.75, 3.05) is 13.2 Å². The molecule has 0 unspecified atom stereocenters. The molecule has 0 radical (unpaired) electrons. The Balaban J connectivity index is 2.12. The second-order valence-corrected chi connectivity index (χ2v) is 2.14. The van der Waals surface area contributed by atoms with Gasteiger partial charge in [0, 0.05) is 19.2 Å². The van der Waals surface area contributed by atoms with Gasteiger partial charge in [-0.1, -0.05) is 0 Å². The van der Waals surface area contributed by atoms with Crippen LogP contribution < -0.4 is 11.1 Å². The van der Waals surface area contributed by atoms with E-state index in [1.165, 1.54) is 0 Å². The lowest BCUT2D eigenvalue weighted by atomic mass is 10.3. The molecule has 1 aliphatic heterocycles. The number of nitrogens with two attached hydrogens (primary N) is 1. The van der Waals surface area contributed by atoms with Crippen molar-refractivity contribution in [2.45, 2.75) is 6.42 Å². The summed E-state index contributed by atoms with van der Waals surface area (Å²) in [5.41, 5.74) is 5.77. The minimum atomic E-state index is -0.500. The van der Waals surface area contributed by atoms with E-state index in [-0.39, 0.29) is 0 Å². The first kappa shape index (κ1) is 7.71. The number of nitrogens with one attached hydrogen (secondary N) is 1. The van der Waals surface area contributed by atoms with Gasteiger partial charge in [-0.15, -0.1) is 0 Å². The lowest BCUT2D eigenvalue weighted by molar-refractivity contribution is 0.249. The molecule has 0 fully saturated rings. The number of urea groups is 1. The Morgan fingerprint density at radius 2 is 2.64 bits per heavy atom. The maximum atomic E-state index is 10.2. The van der Waals surface area contributed by atoms with E-state index in [1.807, 2.05) is 0 Å². The van der Waals surface area contributed by atoms with E-state index in [9.17, 15) is 4.79 Å². The first-order valence-electron chi connectivity index (χ1n) is 3.35. The van der Waals surface area contributed by atoms with Crippen LogP contribution in [-0.2, 0) is 0 Å². The van der Waals surface area contributed by atoms with Gasteiger partial charge in [-0.25, -0.2) is 4.79 Å². The second kappa shape index (κ2) is 3.70. The Labute approximate surface area is 64.4 Å². The standard InChI is InChI=1S/C6H10N4O/c7-6(11)9-2-1-5-3-8-4-10-5/h3H,1-2,4H2,(H3,7,9,11). The summed E-state index contributed by atoms with van der Waals surface area (Å²) < 4.78 is 0. The summed E-state index contributed by atoms with van der Waals surface area (Å²) >= 11 is 0. The zero-order valence-corrected chi connectivity index (χ0v) is 6.08. The molecule has 2 amide bonds. The van der Waals surface area contributed by atoms with E-state index in [0.717, 1.165) is 5.71 Å². The molecule has 3 N–H and O–H groups in total. The van der Waals surface area contributed by atoms with Gasteiger partial charge in [0.25, 0.3) is 0 Å². The van der Waals surface area contributed by atoms with Crippen LogP contribution in [0.2, 0.25) is 0 Å². The van der Waals surface area contributed by atoms with Gasteiger partial charge in [0.1, 0.15) is 6.67 Å². The Morgan fingerprint density at radius 3 is 3.18 bits per heavy atom. The summed E-state index contributed by atoms with van der Waals surface area (Å²) in [4.78, 5) is 18.1. The topological polar surface area (TPSA) is 79.8 Å². The third-order valence-corrected chi connectivity index (χ3v) is 1.28. The molecular formula is C6H10N4O. The van der Waals surface area contributed by atoms with E-state index in [0.29, 0.717) is 19.6 Å². The Bertz CT molecular complexity index is 209.